The second kappa shape index (κ2) is 6.57. The number of nitrogens with zero attached hydrogens (tertiary/aromatic N) is 1. The average molecular weight is 304 g/mol. The smallest absolute Gasteiger partial charge is 0.227 e. The summed E-state index contributed by atoms with van der Waals surface area (Å²) in [6.45, 7) is 2.50. The van der Waals surface area contributed by atoms with Crippen molar-refractivity contribution in [2.75, 3.05) is 33.9 Å². The number of amides is 1. The second-order valence-electron chi connectivity index (χ2n) is 6.30. The fraction of sp³-hybridized carbons (Fsp3) is 0.588. The molecule has 1 amide bonds. The molecular weight excluding hydrogens is 280 g/mol. The number of carbonyl (C=O) groups is 1. The maximum atomic E-state index is 12.5. The highest BCUT2D eigenvalue weighted by molar-refractivity contribution is 5.80. The zero-order chi connectivity index (χ0) is 15.5. The lowest BCUT2D eigenvalue weighted by Crippen LogP contribution is -2.49. The van der Waals surface area contributed by atoms with E-state index in [0.717, 1.165) is 49.4 Å². The molecule has 0 aliphatic carbocycles. The molecule has 1 aromatic carbocycles. The Bertz CT molecular complexity index is 547. The van der Waals surface area contributed by atoms with Crippen molar-refractivity contribution in [3.05, 3.63) is 23.8 Å². The van der Waals surface area contributed by atoms with Gasteiger partial charge in [-0.1, -0.05) is 6.07 Å². The predicted octanol–water partition coefficient (Wildman–Crippen LogP) is 1.46. The Kier molecular flexibility index (Phi) is 4.52. The third-order valence-corrected chi connectivity index (χ3v) is 4.52. The van der Waals surface area contributed by atoms with Crippen LogP contribution in [0.4, 0.5) is 0 Å². The van der Waals surface area contributed by atoms with Crippen LogP contribution in [0.1, 0.15) is 18.4 Å². The van der Waals surface area contributed by atoms with Gasteiger partial charge in [-0.2, -0.15) is 0 Å². The molecule has 120 valence electrons. The van der Waals surface area contributed by atoms with Gasteiger partial charge in [-0.15, -0.1) is 0 Å². The number of likely N-dealkylation sites (N-methyl/N-ethyl adjacent to an activating group) is 1. The molecule has 3 rings (SSSR count). The van der Waals surface area contributed by atoms with Crippen molar-refractivity contribution in [3.63, 3.8) is 0 Å². The van der Waals surface area contributed by atoms with Crippen molar-refractivity contribution in [3.8, 4) is 11.5 Å². The zero-order valence-electron chi connectivity index (χ0n) is 13.3. The standard InChI is InChI=1S/C17H24N2O3/c1-19-7-3-4-14(10-19)18-17(20)13-8-12-5-6-15(21-2)9-16(12)22-11-13/h5-6,9,13-14H,3-4,7-8,10-11H2,1-2H3,(H,18,20)/t13-,14+/m1/s1. The minimum Gasteiger partial charge on any atom is -0.497 e. The van der Waals surface area contributed by atoms with Crippen LogP contribution in [0.15, 0.2) is 18.2 Å². The first-order chi connectivity index (χ1) is 10.7. The Morgan fingerprint density at radius 1 is 1.45 bits per heavy atom. The van der Waals surface area contributed by atoms with Gasteiger partial charge in [0.15, 0.2) is 0 Å². The Labute approximate surface area is 131 Å². The van der Waals surface area contributed by atoms with Crippen molar-refractivity contribution < 1.29 is 14.3 Å². The van der Waals surface area contributed by atoms with E-state index in [2.05, 4.69) is 17.3 Å². The third-order valence-electron chi connectivity index (χ3n) is 4.52. The maximum Gasteiger partial charge on any atom is 0.227 e. The first kappa shape index (κ1) is 15.2. The molecule has 5 heteroatoms. The Balaban J connectivity index is 1.60. The Hall–Kier alpha value is -1.75. The average Bonchev–Trinajstić information content (AvgIpc) is 2.53. The number of ether oxygens (including phenoxy) is 2. The van der Waals surface area contributed by atoms with E-state index in [1.807, 2.05) is 18.2 Å². The molecule has 2 aliphatic rings. The zero-order valence-corrected chi connectivity index (χ0v) is 13.3. The number of methoxy groups -OCH3 is 1. The molecule has 5 nitrogen and oxygen atoms in total. The largest absolute Gasteiger partial charge is 0.497 e. The van der Waals surface area contributed by atoms with Crippen molar-refractivity contribution in [1.82, 2.24) is 10.2 Å². The van der Waals surface area contributed by atoms with Gasteiger partial charge in [0.1, 0.15) is 18.1 Å². The Morgan fingerprint density at radius 2 is 2.32 bits per heavy atom. The molecule has 0 spiro atoms. The van der Waals surface area contributed by atoms with E-state index in [1.165, 1.54) is 0 Å². The minimum atomic E-state index is -0.104. The summed E-state index contributed by atoms with van der Waals surface area (Å²) in [6.07, 6.45) is 2.94. The highest BCUT2D eigenvalue weighted by atomic mass is 16.5. The van der Waals surface area contributed by atoms with Gasteiger partial charge in [0, 0.05) is 18.7 Å². The van der Waals surface area contributed by atoms with Crippen LogP contribution in [-0.4, -0.2) is 50.7 Å². The van der Waals surface area contributed by atoms with Crippen molar-refractivity contribution in [2.45, 2.75) is 25.3 Å². The fourth-order valence-corrected chi connectivity index (χ4v) is 3.25. The second-order valence-corrected chi connectivity index (χ2v) is 6.30. The van der Waals surface area contributed by atoms with E-state index in [0.29, 0.717) is 6.61 Å². The Morgan fingerprint density at radius 3 is 3.09 bits per heavy atom. The number of hydrogen-bond donors (Lipinski definition) is 1. The van der Waals surface area contributed by atoms with Crippen LogP contribution in [0, 0.1) is 5.92 Å². The van der Waals surface area contributed by atoms with Crippen LogP contribution >= 0.6 is 0 Å². The molecule has 22 heavy (non-hydrogen) atoms. The summed E-state index contributed by atoms with van der Waals surface area (Å²) in [6, 6.07) is 6.06. The normalized spacial score (nSPS) is 25.0. The van der Waals surface area contributed by atoms with E-state index >= 15 is 0 Å². The van der Waals surface area contributed by atoms with Gasteiger partial charge in [-0.25, -0.2) is 0 Å². The molecule has 0 aromatic heterocycles. The lowest BCUT2D eigenvalue weighted by atomic mass is 9.95. The number of benzene rings is 1. The van der Waals surface area contributed by atoms with E-state index in [9.17, 15) is 4.79 Å². The van der Waals surface area contributed by atoms with Gasteiger partial charge in [0.2, 0.25) is 5.91 Å². The number of rotatable bonds is 3. The SMILES string of the molecule is COc1ccc2c(c1)OC[C@H](C(=O)N[C@H]1CCCN(C)C1)C2. The number of nitrogens with one attached hydrogen (secondary N) is 1. The molecule has 1 saturated heterocycles. The number of carbonyl (C=O) groups excluding carboxylic acids is 1. The van der Waals surface area contributed by atoms with Gasteiger partial charge >= 0.3 is 0 Å². The first-order valence-corrected chi connectivity index (χ1v) is 7.94. The summed E-state index contributed by atoms with van der Waals surface area (Å²) in [4.78, 5) is 14.7. The molecule has 1 aromatic rings. The molecule has 1 N–H and O–H groups in total. The monoisotopic (exact) mass is 304 g/mol. The lowest BCUT2D eigenvalue weighted by Gasteiger charge is -2.32. The molecule has 2 heterocycles. The van der Waals surface area contributed by atoms with E-state index < -0.39 is 0 Å². The summed E-state index contributed by atoms with van der Waals surface area (Å²) in [7, 11) is 3.74. The molecule has 0 saturated carbocycles. The number of piperidine rings is 1. The van der Waals surface area contributed by atoms with Crippen LogP contribution in [0.25, 0.3) is 0 Å². The van der Waals surface area contributed by atoms with Crippen molar-refractivity contribution in [1.29, 1.82) is 0 Å². The van der Waals surface area contributed by atoms with Crippen LogP contribution in [-0.2, 0) is 11.2 Å². The van der Waals surface area contributed by atoms with Crippen LogP contribution in [0.5, 0.6) is 11.5 Å². The molecule has 2 aliphatic heterocycles. The van der Waals surface area contributed by atoms with Gasteiger partial charge in [0.05, 0.1) is 13.0 Å². The number of likely N-dealkylation sites (tertiary alicyclic amines) is 1. The first-order valence-electron chi connectivity index (χ1n) is 7.94. The van der Waals surface area contributed by atoms with Crippen molar-refractivity contribution in [2.24, 2.45) is 5.92 Å². The maximum absolute atomic E-state index is 12.5. The molecule has 0 unspecified atom stereocenters. The van der Waals surface area contributed by atoms with Gasteiger partial charge < -0.3 is 19.7 Å². The van der Waals surface area contributed by atoms with Gasteiger partial charge in [-0.3, -0.25) is 4.79 Å². The number of fused-ring (bicyclic) bond motifs is 1. The summed E-state index contributed by atoms with van der Waals surface area (Å²) in [5.41, 5.74) is 1.08. The van der Waals surface area contributed by atoms with Gasteiger partial charge in [0.25, 0.3) is 0 Å². The van der Waals surface area contributed by atoms with Gasteiger partial charge in [-0.05, 0) is 44.5 Å². The number of hydrogen-bond acceptors (Lipinski definition) is 4. The summed E-state index contributed by atoms with van der Waals surface area (Å²) >= 11 is 0. The summed E-state index contributed by atoms with van der Waals surface area (Å²) < 4.78 is 11.0. The molecule has 1 fully saturated rings. The van der Waals surface area contributed by atoms with Crippen LogP contribution in [0.2, 0.25) is 0 Å². The molecule has 0 bridgehead atoms. The molecular formula is C17H24N2O3. The minimum absolute atomic E-state index is 0.104. The summed E-state index contributed by atoms with van der Waals surface area (Å²) in [5.74, 6) is 1.63. The quantitative estimate of drug-likeness (QED) is 0.918. The predicted molar refractivity (Wildman–Crippen MR) is 84.3 cm³/mol. The molecule has 0 radical (unpaired) electrons. The van der Waals surface area contributed by atoms with Crippen LogP contribution in [0.3, 0.4) is 0 Å². The fourth-order valence-electron chi connectivity index (χ4n) is 3.25. The summed E-state index contributed by atoms with van der Waals surface area (Å²) in [5, 5.41) is 3.19. The highest BCUT2D eigenvalue weighted by Crippen LogP contribution is 2.31. The highest BCUT2D eigenvalue weighted by Gasteiger charge is 2.28. The van der Waals surface area contributed by atoms with Crippen LogP contribution < -0.4 is 14.8 Å². The lowest BCUT2D eigenvalue weighted by molar-refractivity contribution is -0.127. The topological polar surface area (TPSA) is 50.8 Å². The third kappa shape index (κ3) is 3.35. The van der Waals surface area contributed by atoms with E-state index in [1.54, 1.807) is 7.11 Å². The molecule has 2 atom stereocenters. The van der Waals surface area contributed by atoms with E-state index in [4.69, 9.17) is 9.47 Å². The van der Waals surface area contributed by atoms with Crippen molar-refractivity contribution >= 4 is 5.91 Å². The van der Waals surface area contributed by atoms with E-state index in [-0.39, 0.29) is 17.9 Å².